The lowest BCUT2D eigenvalue weighted by molar-refractivity contribution is 0.0596. The van der Waals surface area contributed by atoms with Crippen LogP contribution in [0.15, 0.2) is 18.6 Å². The summed E-state index contributed by atoms with van der Waals surface area (Å²) in [6.45, 7) is 1.78. The molecule has 0 spiro atoms. The Morgan fingerprint density at radius 1 is 1.50 bits per heavy atom. The van der Waals surface area contributed by atoms with E-state index in [9.17, 15) is 4.79 Å². The first-order valence-corrected chi connectivity index (χ1v) is 6.54. The highest BCUT2D eigenvalue weighted by Crippen LogP contribution is 2.21. The zero-order valence-corrected chi connectivity index (χ0v) is 10.8. The van der Waals surface area contributed by atoms with E-state index in [0.717, 1.165) is 32.4 Å². The zero-order chi connectivity index (χ0) is 12.8. The Morgan fingerprint density at radius 3 is 3.11 bits per heavy atom. The molecule has 0 aromatic carbocycles. The second kappa shape index (κ2) is 6.44. The lowest BCUT2D eigenvalue weighted by Crippen LogP contribution is -2.45. The number of piperidine rings is 1. The molecule has 18 heavy (non-hydrogen) atoms. The highest BCUT2D eigenvalue weighted by molar-refractivity contribution is 5.92. The van der Waals surface area contributed by atoms with E-state index >= 15 is 0 Å². The van der Waals surface area contributed by atoms with Gasteiger partial charge < -0.3 is 10.2 Å². The van der Waals surface area contributed by atoms with Crippen molar-refractivity contribution in [3.05, 3.63) is 24.3 Å². The van der Waals surface area contributed by atoms with E-state index < -0.39 is 0 Å². The maximum Gasteiger partial charge on any atom is 0.274 e. The van der Waals surface area contributed by atoms with Crippen LogP contribution in [0.2, 0.25) is 0 Å². The normalized spacial score (nSPS) is 19.8. The van der Waals surface area contributed by atoms with Gasteiger partial charge in [-0.15, -0.1) is 0 Å². The molecule has 0 bridgehead atoms. The predicted octanol–water partition coefficient (Wildman–Crippen LogP) is 1.08. The first-order chi connectivity index (χ1) is 8.83. The molecule has 1 saturated heterocycles. The van der Waals surface area contributed by atoms with Crippen molar-refractivity contribution in [2.24, 2.45) is 0 Å². The van der Waals surface area contributed by atoms with Crippen LogP contribution < -0.4 is 5.32 Å². The highest BCUT2D eigenvalue weighted by Gasteiger charge is 2.27. The van der Waals surface area contributed by atoms with Gasteiger partial charge in [-0.05, 0) is 39.3 Å². The molecule has 1 atom stereocenters. The summed E-state index contributed by atoms with van der Waals surface area (Å²) in [5.41, 5.74) is 0.453. The second-order valence-electron chi connectivity index (χ2n) is 4.63. The zero-order valence-electron chi connectivity index (χ0n) is 10.8. The molecular formula is C13H20N4O. The van der Waals surface area contributed by atoms with Crippen molar-refractivity contribution < 1.29 is 4.79 Å². The molecule has 1 fully saturated rings. The summed E-state index contributed by atoms with van der Waals surface area (Å²) >= 11 is 0. The van der Waals surface area contributed by atoms with Crippen LogP contribution in [0.1, 0.15) is 36.2 Å². The Labute approximate surface area is 108 Å². The molecule has 1 unspecified atom stereocenters. The molecule has 0 radical (unpaired) electrons. The molecule has 1 aromatic heterocycles. The summed E-state index contributed by atoms with van der Waals surface area (Å²) in [6, 6.07) is 0.334. The number of hydrogen-bond donors (Lipinski definition) is 1. The maximum absolute atomic E-state index is 12.4. The molecule has 98 valence electrons. The van der Waals surface area contributed by atoms with Crippen LogP contribution in [-0.4, -0.2) is 47.0 Å². The molecule has 1 N–H and O–H groups in total. The molecular weight excluding hydrogens is 228 g/mol. The van der Waals surface area contributed by atoms with Crippen molar-refractivity contribution in [3.63, 3.8) is 0 Å². The number of carbonyl (C=O) groups is 1. The lowest BCUT2D eigenvalue weighted by atomic mass is 9.99. The van der Waals surface area contributed by atoms with E-state index in [4.69, 9.17) is 0 Å². The van der Waals surface area contributed by atoms with Crippen LogP contribution in [0.3, 0.4) is 0 Å². The van der Waals surface area contributed by atoms with E-state index in [1.54, 1.807) is 18.6 Å². The molecule has 1 aliphatic rings. The molecule has 5 nitrogen and oxygen atoms in total. The summed E-state index contributed by atoms with van der Waals surface area (Å²) in [5.74, 6) is 0.0175. The van der Waals surface area contributed by atoms with Gasteiger partial charge >= 0.3 is 0 Å². The van der Waals surface area contributed by atoms with E-state index in [-0.39, 0.29) is 5.91 Å². The molecule has 0 saturated carbocycles. The van der Waals surface area contributed by atoms with Gasteiger partial charge in [-0.1, -0.05) is 0 Å². The molecule has 1 aliphatic heterocycles. The van der Waals surface area contributed by atoms with E-state index in [1.807, 2.05) is 11.9 Å². The standard InChI is InChI=1S/C13H20N4O/c1-14-6-5-11-4-2-3-9-17(11)13(18)12-10-15-7-8-16-12/h7-8,10-11,14H,2-6,9H2,1H3. The van der Waals surface area contributed by atoms with Crippen molar-refractivity contribution >= 4 is 5.91 Å². The van der Waals surface area contributed by atoms with E-state index in [0.29, 0.717) is 11.7 Å². The van der Waals surface area contributed by atoms with Gasteiger partial charge in [-0.25, -0.2) is 4.98 Å². The van der Waals surface area contributed by atoms with Crippen molar-refractivity contribution in [1.29, 1.82) is 0 Å². The molecule has 1 aromatic rings. The summed E-state index contributed by atoms with van der Waals surface area (Å²) in [5, 5.41) is 3.15. The summed E-state index contributed by atoms with van der Waals surface area (Å²) < 4.78 is 0. The average molecular weight is 248 g/mol. The number of amides is 1. The topological polar surface area (TPSA) is 58.1 Å². The fraction of sp³-hybridized carbons (Fsp3) is 0.615. The number of carbonyl (C=O) groups excluding carboxylic acids is 1. The van der Waals surface area contributed by atoms with Gasteiger partial charge in [0.2, 0.25) is 0 Å². The van der Waals surface area contributed by atoms with Gasteiger partial charge in [-0.2, -0.15) is 0 Å². The number of nitrogens with zero attached hydrogens (tertiary/aromatic N) is 3. The van der Waals surface area contributed by atoms with Crippen LogP contribution in [-0.2, 0) is 0 Å². The molecule has 1 amide bonds. The van der Waals surface area contributed by atoms with Gasteiger partial charge in [0.05, 0.1) is 6.20 Å². The first kappa shape index (κ1) is 13.0. The van der Waals surface area contributed by atoms with Crippen LogP contribution >= 0.6 is 0 Å². The van der Waals surface area contributed by atoms with Crippen molar-refractivity contribution in [3.8, 4) is 0 Å². The quantitative estimate of drug-likeness (QED) is 0.866. The Kier molecular flexibility index (Phi) is 4.64. The number of hydrogen-bond acceptors (Lipinski definition) is 4. The van der Waals surface area contributed by atoms with E-state index in [2.05, 4.69) is 15.3 Å². The van der Waals surface area contributed by atoms with Crippen LogP contribution in [0.5, 0.6) is 0 Å². The number of likely N-dealkylation sites (tertiary alicyclic amines) is 1. The SMILES string of the molecule is CNCCC1CCCCN1C(=O)c1cnccn1. The largest absolute Gasteiger partial charge is 0.334 e. The fourth-order valence-electron chi connectivity index (χ4n) is 2.44. The fourth-order valence-corrected chi connectivity index (χ4v) is 2.44. The number of aromatic nitrogens is 2. The third-order valence-corrected chi connectivity index (χ3v) is 3.40. The van der Waals surface area contributed by atoms with E-state index in [1.165, 1.54) is 6.42 Å². The minimum absolute atomic E-state index is 0.0175. The minimum Gasteiger partial charge on any atom is -0.334 e. The monoisotopic (exact) mass is 248 g/mol. The van der Waals surface area contributed by atoms with Crippen molar-refractivity contribution in [2.75, 3.05) is 20.1 Å². The maximum atomic E-state index is 12.4. The van der Waals surface area contributed by atoms with Gasteiger partial charge in [0.25, 0.3) is 5.91 Å². The second-order valence-corrected chi connectivity index (χ2v) is 4.63. The van der Waals surface area contributed by atoms with Crippen LogP contribution in [0, 0.1) is 0 Å². The number of rotatable bonds is 4. The van der Waals surface area contributed by atoms with Crippen LogP contribution in [0.25, 0.3) is 0 Å². The Morgan fingerprint density at radius 2 is 2.39 bits per heavy atom. The van der Waals surface area contributed by atoms with Crippen molar-refractivity contribution in [2.45, 2.75) is 31.7 Å². The highest BCUT2D eigenvalue weighted by atomic mass is 16.2. The van der Waals surface area contributed by atoms with Gasteiger partial charge in [0.1, 0.15) is 5.69 Å². The Hall–Kier alpha value is -1.49. The minimum atomic E-state index is 0.0175. The lowest BCUT2D eigenvalue weighted by Gasteiger charge is -2.35. The smallest absolute Gasteiger partial charge is 0.274 e. The van der Waals surface area contributed by atoms with Crippen molar-refractivity contribution in [1.82, 2.24) is 20.2 Å². The Balaban J connectivity index is 2.06. The third kappa shape index (κ3) is 3.04. The Bertz CT molecular complexity index is 382. The summed E-state index contributed by atoms with van der Waals surface area (Å²) in [4.78, 5) is 22.4. The predicted molar refractivity (Wildman–Crippen MR) is 69.3 cm³/mol. The third-order valence-electron chi connectivity index (χ3n) is 3.40. The van der Waals surface area contributed by atoms with Crippen LogP contribution in [0.4, 0.5) is 0 Å². The molecule has 2 rings (SSSR count). The van der Waals surface area contributed by atoms with Gasteiger partial charge in [0.15, 0.2) is 0 Å². The number of nitrogens with one attached hydrogen (secondary N) is 1. The van der Waals surface area contributed by atoms with Gasteiger partial charge in [0, 0.05) is 25.0 Å². The average Bonchev–Trinajstić information content (AvgIpc) is 2.45. The first-order valence-electron chi connectivity index (χ1n) is 6.54. The van der Waals surface area contributed by atoms with Gasteiger partial charge in [-0.3, -0.25) is 9.78 Å². The summed E-state index contributed by atoms with van der Waals surface area (Å²) in [7, 11) is 1.94. The molecule has 2 heterocycles. The summed E-state index contributed by atoms with van der Waals surface area (Å²) in [6.07, 6.45) is 9.09. The molecule has 5 heteroatoms. The molecule has 0 aliphatic carbocycles.